The molecule has 2 aliphatic rings. The average Bonchev–Trinajstić information content (AvgIpc) is 3.38. The molecular formula is C20H23N5O3. The van der Waals surface area contributed by atoms with E-state index in [1.54, 1.807) is 18.2 Å². The number of hydrogen-bond acceptors (Lipinski definition) is 4. The van der Waals surface area contributed by atoms with Crippen molar-refractivity contribution in [1.82, 2.24) is 20.0 Å². The number of fused-ring (bicyclic) bond motifs is 1. The van der Waals surface area contributed by atoms with Crippen molar-refractivity contribution in [1.29, 1.82) is 0 Å². The van der Waals surface area contributed by atoms with E-state index in [1.165, 1.54) is 4.90 Å². The van der Waals surface area contributed by atoms with Crippen LogP contribution in [0.4, 0.5) is 10.5 Å². The molecule has 1 aromatic heterocycles. The molecule has 4 amide bonds. The normalized spacial score (nSPS) is 16.9. The lowest BCUT2D eigenvalue weighted by Crippen LogP contribution is -2.33. The van der Waals surface area contributed by atoms with Gasteiger partial charge in [-0.2, -0.15) is 5.10 Å². The molecule has 1 fully saturated rings. The van der Waals surface area contributed by atoms with E-state index in [0.717, 1.165) is 24.2 Å². The Bertz CT molecular complexity index is 976. The summed E-state index contributed by atoms with van der Waals surface area (Å²) in [6.45, 7) is 6.29. The number of aromatic nitrogens is 2. The molecule has 0 radical (unpaired) electrons. The van der Waals surface area contributed by atoms with Crippen molar-refractivity contribution < 1.29 is 14.4 Å². The van der Waals surface area contributed by atoms with Gasteiger partial charge in [-0.25, -0.2) is 4.79 Å². The van der Waals surface area contributed by atoms with Crippen LogP contribution in [0.5, 0.6) is 0 Å². The van der Waals surface area contributed by atoms with E-state index < -0.39 is 0 Å². The zero-order valence-corrected chi connectivity index (χ0v) is 16.2. The number of imide groups is 1. The average molecular weight is 381 g/mol. The molecule has 4 rings (SSSR count). The molecule has 0 saturated heterocycles. The van der Waals surface area contributed by atoms with Crippen LogP contribution in [-0.2, 0) is 0 Å². The maximum Gasteiger partial charge on any atom is 0.319 e. The number of carbonyl (C=O) groups excluding carboxylic acids is 3. The van der Waals surface area contributed by atoms with Crippen molar-refractivity contribution in [2.24, 2.45) is 0 Å². The lowest BCUT2D eigenvalue weighted by atomic mass is 10.1. The Kier molecular flexibility index (Phi) is 4.41. The zero-order chi connectivity index (χ0) is 20.0. The van der Waals surface area contributed by atoms with Gasteiger partial charge in [0.05, 0.1) is 22.9 Å². The number of benzene rings is 1. The first-order valence-electron chi connectivity index (χ1n) is 9.44. The Morgan fingerprint density at radius 1 is 1.18 bits per heavy atom. The molecule has 1 saturated carbocycles. The van der Waals surface area contributed by atoms with Crippen LogP contribution in [0.15, 0.2) is 24.3 Å². The van der Waals surface area contributed by atoms with Crippen molar-refractivity contribution >= 4 is 23.5 Å². The summed E-state index contributed by atoms with van der Waals surface area (Å²) < 4.78 is 1.88. The van der Waals surface area contributed by atoms with E-state index >= 15 is 0 Å². The molecular weight excluding hydrogens is 358 g/mol. The maximum absolute atomic E-state index is 12.5. The van der Waals surface area contributed by atoms with E-state index in [-0.39, 0.29) is 29.9 Å². The number of aryl methyl sites for hydroxylation is 2. The lowest BCUT2D eigenvalue weighted by molar-refractivity contribution is 0.0642. The summed E-state index contributed by atoms with van der Waals surface area (Å²) in [5.74, 6) is -0.512. The van der Waals surface area contributed by atoms with Crippen LogP contribution in [0.1, 0.15) is 57.9 Å². The van der Waals surface area contributed by atoms with Gasteiger partial charge in [0.1, 0.15) is 0 Å². The summed E-state index contributed by atoms with van der Waals surface area (Å²) in [6, 6.07) is 6.47. The number of hydrogen-bond donors (Lipinski definition) is 2. The highest BCUT2D eigenvalue weighted by Gasteiger charge is 2.44. The van der Waals surface area contributed by atoms with Gasteiger partial charge in [0.25, 0.3) is 11.8 Å². The topological polar surface area (TPSA) is 96.3 Å². The van der Waals surface area contributed by atoms with E-state index in [1.807, 2.05) is 31.5 Å². The molecule has 8 heteroatoms. The summed E-state index contributed by atoms with van der Waals surface area (Å²) in [4.78, 5) is 38.5. The number of amides is 4. The third kappa shape index (κ3) is 3.26. The first-order chi connectivity index (χ1) is 13.3. The quantitative estimate of drug-likeness (QED) is 0.778. The molecule has 28 heavy (non-hydrogen) atoms. The fourth-order valence-electron chi connectivity index (χ4n) is 3.60. The summed E-state index contributed by atoms with van der Waals surface area (Å²) >= 11 is 0. The molecule has 1 aliphatic heterocycles. The summed E-state index contributed by atoms with van der Waals surface area (Å²) in [5, 5.41) is 9.97. The predicted octanol–water partition coefficient (Wildman–Crippen LogP) is 2.64. The van der Waals surface area contributed by atoms with E-state index in [9.17, 15) is 14.4 Å². The Morgan fingerprint density at radius 3 is 2.54 bits per heavy atom. The molecule has 2 heterocycles. The molecule has 0 spiro atoms. The first-order valence-corrected chi connectivity index (χ1v) is 9.44. The minimum absolute atomic E-state index is 0.00534. The maximum atomic E-state index is 12.5. The summed E-state index contributed by atoms with van der Waals surface area (Å²) in [7, 11) is 0. The predicted molar refractivity (Wildman–Crippen MR) is 103 cm³/mol. The van der Waals surface area contributed by atoms with Gasteiger partial charge in [-0.15, -0.1) is 0 Å². The largest absolute Gasteiger partial charge is 0.336 e. The van der Waals surface area contributed by atoms with Crippen molar-refractivity contribution in [3.63, 3.8) is 0 Å². The molecule has 2 aromatic rings. The second kappa shape index (κ2) is 6.78. The third-order valence-electron chi connectivity index (χ3n) is 5.11. The number of urea groups is 1. The highest BCUT2D eigenvalue weighted by molar-refractivity contribution is 6.22. The number of carbonyl (C=O) groups is 3. The zero-order valence-electron chi connectivity index (χ0n) is 16.2. The summed E-state index contributed by atoms with van der Waals surface area (Å²) in [5.41, 5.74) is 3.21. The number of nitrogens with zero attached hydrogens (tertiary/aromatic N) is 3. The van der Waals surface area contributed by atoms with Gasteiger partial charge in [-0.05, 0) is 57.9 Å². The van der Waals surface area contributed by atoms with Gasteiger partial charge in [0.2, 0.25) is 0 Å². The number of anilines is 1. The van der Waals surface area contributed by atoms with Crippen molar-refractivity contribution in [2.75, 3.05) is 11.9 Å². The first kappa shape index (κ1) is 18.2. The summed E-state index contributed by atoms with van der Waals surface area (Å²) in [6.07, 6.45) is 1.73. The molecule has 0 bridgehead atoms. The molecule has 0 unspecified atom stereocenters. The Balaban J connectivity index is 1.39. The van der Waals surface area contributed by atoms with Gasteiger partial charge >= 0.3 is 6.03 Å². The van der Waals surface area contributed by atoms with Crippen LogP contribution in [0.25, 0.3) is 0 Å². The lowest BCUT2D eigenvalue weighted by Gasteiger charge is -2.15. The van der Waals surface area contributed by atoms with Crippen LogP contribution in [0.3, 0.4) is 0 Å². The fraction of sp³-hybridized carbons (Fsp3) is 0.400. The Hall–Kier alpha value is -3.16. The SMILES string of the molecule is Cc1cc(C)n([C@@H](C)CNC(=O)Nc2ccc3c(c2)C(=O)N(C2CC2)C3=O)n1. The van der Waals surface area contributed by atoms with E-state index in [4.69, 9.17) is 0 Å². The molecule has 2 N–H and O–H groups in total. The van der Waals surface area contributed by atoms with Crippen LogP contribution in [0.2, 0.25) is 0 Å². The van der Waals surface area contributed by atoms with E-state index in [0.29, 0.717) is 23.4 Å². The van der Waals surface area contributed by atoms with Crippen molar-refractivity contribution in [2.45, 2.75) is 45.7 Å². The monoisotopic (exact) mass is 381 g/mol. The van der Waals surface area contributed by atoms with Gasteiger partial charge in [0, 0.05) is 24.0 Å². The van der Waals surface area contributed by atoms with Gasteiger partial charge in [-0.1, -0.05) is 0 Å². The van der Waals surface area contributed by atoms with Gasteiger partial charge < -0.3 is 10.6 Å². The van der Waals surface area contributed by atoms with Crippen LogP contribution >= 0.6 is 0 Å². The molecule has 1 aliphatic carbocycles. The fourth-order valence-corrected chi connectivity index (χ4v) is 3.60. The minimum Gasteiger partial charge on any atom is -0.336 e. The molecule has 8 nitrogen and oxygen atoms in total. The number of rotatable bonds is 5. The second-order valence-electron chi connectivity index (χ2n) is 7.53. The smallest absolute Gasteiger partial charge is 0.319 e. The third-order valence-corrected chi connectivity index (χ3v) is 5.11. The minimum atomic E-state index is -0.371. The van der Waals surface area contributed by atoms with Gasteiger partial charge in [-0.3, -0.25) is 19.2 Å². The highest BCUT2D eigenvalue weighted by atomic mass is 16.2. The Labute approximate surface area is 162 Å². The van der Waals surface area contributed by atoms with Crippen LogP contribution < -0.4 is 10.6 Å². The molecule has 1 atom stereocenters. The Morgan fingerprint density at radius 2 is 1.89 bits per heavy atom. The standard InChI is InChI=1S/C20H23N5O3/c1-11-8-12(2)25(23-11)13(3)10-21-20(28)22-14-4-7-16-17(9-14)19(27)24(18(16)26)15-5-6-15/h4,7-9,13,15H,5-6,10H2,1-3H3,(H2,21,22,28)/t13-/m0/s1. The van der Waals surface area contributed by atoms with Crippen LogP contribution in [-0.4, -0.2) is 45.1 Å². The number of nitrogens with one attached hydrogen (secondary N) is 2. The highest BCUT2D eigenvalue weighted by Crippen LogP contribution is 2.35. The van der Waals surface area contributed by atoms with Crippen molar-refractivity contribution in [3.05, 3.63) is 46.8 Å². The molecule has 1 aromatic carbocycles. The van der Waals surface area contributed by atoms with Crippen molar-refractivity contribution in [3.8, 4) is 0 Å². The second-order valence-corrected chi connectivity index (χ2v) is 7.53. The van der Waals surface area contributed by atoms with E-state index in [2.05, 4.69) is 15.7 Å². The van der Waals surface area contributed by atoms with Crippen LogP contribution in [0, 0.1) is 13.8 Å². The molecule has 146 valence electrons. The van der Waals surface area contributed by atoms with Gasteiger partial charge in [0.15, 0.2) is 0 Å².